The average Bonchev–Trinajstić information content (AvgIpc) is 3.09. The van der Waals surface area contributed by atoms with Crippen molar-refractivity contribution in [1.82, 2.24) is 20.6 Å². The molecule has 1 saturated heterocycles. The van der Waals surface area contributed by atoms with E-state index in [0.29, 0.717) is 29.6 Å². The fourth-order valence-corrected chi connectivity index (χ4v) is 6.98. The minimum absolute atomic E-state index is 0.0341. The van der Waals surface area contributed by atoms with Gasteiger partial charge in [0.05, 0.1) is 5.25 Å². The molecule has 1 aliphatic heterocycles. The van der Waals surface area contributed by atoms with Crippen molar-refractivity contribution in [3.05, 3.63) is 53.0 Å². The normalized spacial score (nSPS) is 27.1. The number of hydrogen-bond acceptors (Lipinski definition) is 7. The van der Waals surface area contributed by atoms with E-state index in [1.165, 1.54) is 12.3 Å². The van der Waals surface area contributed by atoms with E-state index in [9.17, 15) is 13.2 Å². The summed E-state index contributed by atoms with van der Waals surface area (Å²) >= 11 is 6.04. The van der Waals surface area contributed by atoms with Gasteiger partial charge in [-0.2, -0.15) is 0 Å². The number of benzene rings is 1. The van der Waals surface area contributed by atoms with E-state index >= 15 is 0 Å². The zero-order valence-corrected chi connectivity index (χ0v) is 19.3. The number of carbonyl (C=O) groups is 1. The maximum absolute atomic E-state index is 12.7. The van der Waals surface area contributed by atoms with Crippen molar-refractivity contribution in [2.45, 2.75) is 47.9 Å². The Kier molecular flexibility index (Phi) is 4.80. The predicted octanol–water partition coefficient (Wildman–Crippen LogP) is 3.08. The van der Waals surface area contributed by atoms with Crippen LogP contribution in [0.1, 0.15) is 47.8 Å². The van der Waals surface area contributed by atoms with Crippen molar-refractivity contribution >= 4 is 38.4 Å². The van der Waals surface area contributed by atoms with Crippen molar-refractivity contribution in [2.24, 2.45) is 5.41 Å². The number of amides is 1. The van der Waals surface area contributed by atoms with Gasteiger partial charge in [-0.1, -0.05) is 11.6 Å². The first-order chi connectivity index (χ1) is 15.8. The number of rotatable bonds is 5. The van der Waals surface area contributed by atoms with Crippen molar-refractivity contribution in [3.63, 3.8) is 0 Å². The number of nitrogens with one attached hydrogen (secondary N) is 2. The van der Waals surface area contributed by atoms with E-state index in [4.69, 9.17) is 16.0 Å². The summed E-state index contributed by atoms with van der Waals surface area (Å²) in [5, 5.41) is 6.14. The highest BCUT2D eigenvalue weighted by Crippen LogP contribution is 2.61. The van der Waals surface area contributed by atoms with Crippen molar-refractivity contribution in [3.8, 4) is 0 Å². The molecule has 0 atom stereocenters. The second-order valence-corrected chi connectivity index (χ2v) is 12.2. The molecule has 2 N–H and O–H groups in total. The number of fused-ring (bicyclic) bond motifs is 1. The Morgan fingerprint density at radius 1 is 1.15 bits per heavy atom. The molecule has 8 nitrogen and oxygen atoms in total. The lowest BCUT2D eigenvalue weighted by Gasteiger charge is -2.57. The largest absolute Gasteiger partial charge is 0.440 e. The second-order valence-electron chi connectivity index (χ2n) is 9.56. The molecule has 33 heavy (non-hydrogen) atoms. The highest BCUT2D eigenvalue weighted by molar-refractivity contribution is 7.92. The van der Waals surface area contributed by atoms with Crippen molar-refractivity contribution in [2.75, 3.05) is 13.1 Å². The Balaban J connectivity index is 1.05. The smallest absolute Gasteiger partial charge is 0.251 e. The first-order valence-electron chi connectivity index (χ1n) is 11.1. The van der Waals surface area contributed by atoms with E-state index in [1.807, 2.05) is 12.1 Å². The fraction of sp³-hybridized carbons (Fsp3) is 0.435. The number of pyridine rings is 1. The van der Waals surface area contributed by atoms with E-state index in [0.717, 1.165) is 42.7 Å². The number of sulfone groups is 1. The lowest BCUT2D eigenvalue weighted by molar-refractivity contribution is -0.0253. The minimum atomic E-state index is -3.51. The van der Waals surface area contributed by atoms with Crippen LogP contribution in [-0.4, -0.2) is 48.7 Å². The van der Waals surface area contributed by atoms with E-state index in [2.05, 4.69) is 20.6 Å². The molecular formula is C23H23ClN4O4S. The SMILES string of the molecule is O=C(NC1CC2(C1)CC(c1nc3cc(Cl)ccc3o1)C2)c1ccnc(S(=O)(=O)C2CNC2)c1. The maximum Gasteiger partial charge on any atom is 0.251 e. The van der Waals surface area contributed by atoms with Crippen molar-refractivity contribution < 1.29 is 17.6 Å². The molecule has 3 heterocycles. The van der Waals surface area contributed by atoms with E-state index in [-0.39, 0.29) is 22.4 Å². The highest BCUT2D eigenvalue weighted by atomic mass is 35.5. The molecule has 3 fully saturated rings. The Hall–Kier alpha value is -2.49. The van der Waals surface area contributed by atoms with Gasteiger partial charge in [0, 0.05) is 41.8 Å². The molecule has 0 unspecified atom stereocenters. The van der Waals surface area contributed by atoms with Gasteiger partial charge in [0.15, 0.2) is 16.5 Å². The van der Waals surface area contributed by atoms with Crippen LogP contribution in [0.4, 0.5) is 0 Å². The number of carbonyl (C=O) groups excluding carboxylic acids is 1. The summed E-state index contributed by atoms with van der Waals surface area (Å²) in [5.74, 6) is 0.798. The minimum Gasteiger partial charge on any atom is -0.440 e. The van der Waals surface area contributed by atoms with Gasteiger partial charge in [0.1, 0.15) is 5.52 Å². The van der Waals surface area contributed by atoms with Crippen LogP contribution in [0.5, 0.6) is 0 Å². The maximum atomic E-state index is 12.7. The molecule has 3 aliphatic rings. The molecule has 3 aromatic rings. The summed E-state index contributed by atoms with van der Waals surface area (Å²) in [6.45, 7) is 0.839. The molecule has 2 aliphatic carbocycles. The summed E-state index contributed by atoms with van der Waals surface area (Å²) < 4.78 is 31.1. The second kappa shape index (κ2) is 7.51. The van der Waals surface area contributed by atoms with Gasteiger partial charge in [-0.25, -0.2) is 18.4 Å². The zero-order chi connectivity index (χ0) is 22.8. The molecule has 0 radical (unpaired) electrons. The van der Waals surface area contributed by atoms with Crippen LogP contribution in [0.2, 0.25) is 5.02 Å². The molecule has 10 heteroatoms. The Morgan fingerprint density at radius 2 is 1.94 bits per heavy atom. The van der Waals surface area contributed by atoms with Gasteiger partial charge in [0.2, 0.25) is 9.84 Å². The van der Waals surface area contributed by atoms with E-state index in [1.54, 1.807) is 12.1 Å². The van der Waals surface area contributed by atoms with Gasteiger partial charge in [0.25, 0.3) is 5.91 Å². The van der Waals surface area contributed by atoms with Crippen LogP contribution in [0, 0.1) is 5.41 Å². The summed E-state index contributed by atoms with van der Waals surface area (Å²) in [4.78, 5) is 21.3. The first-order valence-corrected chi connectivity index (χ1v) is 13.0. The number of halogens is 1. The van der Waals surface area contributed by atoms with Crippen LogP contribution in [0.3, 0.4) is 0 Å². The van der Waals surface area contributed by atoms with Gasteiger partial charge in [-0.3, -0.25) is 4.79 Å². The summed E-state index contributed by atoms with van der Waals surface area (Å²) in [7, 11) is -3.51. The molecule has 6 rings (SSSR count). The number of oxazole rings is 1. The summed E-state index contributed by atoms with van der Waals surface area (Å²) in [6, 6.07) is 8.48. The van der Waals surface area contributed by atoms with Gasteiger partial charge >= 0.3 is 0 Å². The monoisotopic (exact) mass is 486 g/mol. The Labute approximate surface area is 196 Å². The Morgan fingerprint density at radius 3 is 2.67 bits per heavy atom. The predicted molar refractivity (Wildman–Crippen MR) is 122 cm³/mol. The van der Waals surface area contributed by atoms with Crippen LogP contribution >= 0.6 is 11.6 Å². The Bertz CT molecular complexity index is 1350. The molecule has 172 valence electrons. The summed E-state index contributed by atoms with van der Waals surface area (Å²) in [5.41, 5.74) is 2.09. The highest BCUT2D eigenvalue weighted by Gasteiger charge is 2.54. The number of nitrogens with zero attached hydrogens (tertiary/aromatic N) is 2. The number of hydrogen-bond donors (Lipinski definition) is 2. The topological polar surface area (TPSA) is 114 Å². The third-order valence-corrected chi connectivity index (χ3v) is 9.49. The number of aromatic nitrogens is 2. The zero-order valence-electron chi connectivity index (χ0n) is 17.8. The van der Waals surface area contributed by atoms with Crippen LogP contribution in [0.25, 0.3) is 11.1 Å². The van der Waals surface area contributed by atoms with Crippen LogP contribution in [0.15, 0.2) is 46.0 Å². The van der Waals surface area contributed by atoms with Gasteiger partial charge in [-0.15, -0.1) is 0 Å². The van der Waals surface area contributed by atoms with Crippen molar-refractivity contribution in [1.29, 1.82) is 0 Å². The molecule has 1 amide bonds. The van der Waals surface area contributed by atoms with E-state index < -0.39 is 15.1 Å². The molecule has 2 aromatic heterocycles. The lowest BCUT2D eigenvalue weighted by atomic mass is 9.50. The molecule has 0 bridgehead atoms. The molecule has 2 saturated carbocycles. The van der Waals surface area contributed by atoms with Gasteiger partial charge in [-0.05, 0) is 61.4 Å². The average molecular weight is 487 g/mol. The molecule has 1 aromatic carbocycles. The van der Waals surface area contributed by atoms with Crippen LogP contribution in [-0.2, 0) is 9.84 Å². The fourth-order valence-electron chi connectivity index (χ4n) is 5.30. The molecular weight excluding hydrogens is 464 g/mol. The van der Waals surface area contributed by atoms with Gasteiger partial charge < -0.3 is 15.1 Å². The third-order valence-electron chi connectivity index (χ3n) is 7.24. The standard InChI is InChI=1S/C23H23ClN4O4S/c24-15-1-2-19-18(6-15)28-22(32-19)14-7-23(8-14)9-16(10-23)27-21(29)13-3-4-26-20(5-13)33(30,31)17-11-25-12-17/h1-6,14,16-17,25H,7-12H2,(H,27,29). The third kappa shape index (κ3) is 3.62. The lowest BCUT2D eigenvalue weighted by Crippen LogP contribution is -2.55. The first kappa shape index (κ1) is 21.1. The molecule has 1 spiro atoms. The quantitative estimate of drug-likeness (QED) is 0.569. The van der Waals surface area contributed by atoms with Crippen LogP contribution < -0.4 is 10.6 Å². The summed E-state index contributed by atoms with van der Waals surface area (Å²) in [6.07, 6.45) is 5.19.